The molecule has 0 atom stereocenters. The molecule has 0 saturated heterocycles. The van der Waals surface area contributed by atoms with Crippen LogP contribution >= 0.6 is 15.9 Å². The summed E-state index contributed by atoms with van der Waals surface area (Å²) in [5, 5.41) is 3.20. The van der Waals surface area contributed by atoms with E-state index in [9.17, 15) is 0 Å². The van der Waals surface area contributed by atoms with Crippen LogP contribution in [0.3, 0.4) is 0 Å². The summed E-state index contributed by atoms with van der Waals surface area (Å²) < 4.78 is 0.984. The number of pyridine rings is 1. The molecule has 1 aromatic heterocycles. The number of aryl methyl sites for hydroxylation is 1. The van der Waals surface area contributed by atoms with E-state index in [0.717, 1.165) is 15.9 Å². The number of rotatable bonds is 2. The van der Waals surface area contributed by atoms with Crippen LogP contribution in [0, 0.1) is 6.92 Å². The Balaban J connectivity index is 2.34. The molecule has 16 heavy (non-hydrogen) atoms. The summed E-state index contributed by atoms with van der Waals surface area (Å²) >= 11 is 3.47. The maximum atomic E-state index is 5.85. The molecule has 2 aromatic rings. The van der Waals surface area contributed by atoms with Crippen molar-refractivity contribution in [1.29, 1.82) is 0 Å². The monoisotopic (exact) mass is 277 g/mol. The molecule has 3 nitrogen and oxygen atoms in total. The Morgan fingerprint density at radius 3 is 2.69 bits per heavy atom. The number of nitrogens with zero attached hydrogens (tertiary/aromatic N) is 1. The van der Waals surface area contributed by atoms with Crippen LogP contribution in [0.25, 0.3) is 0 Å². The first-order chi connectivity index (χ1) is 7.66. The van der Waals surface area contributed by atoms with Crippen molar-refractivity contribution >= 4 is 33.1 Å². The molecular weight excluding hydrogens is 266 g/mol. The highest BCUT2D eigenvalue weighted by Crippen LogP contribution is 2.27. The van der Waals surface area contributed by atoms with Crippen molar-refractivity contribution in [3.8, 4) is 0 Å². The lowest BCUT2D eigenvalue weighted by Gasteiger charge is -2.10. The number of halogens is 1. The third-order valence-electron chi connectivity index (χ3n) is 2.19. The molecule has 0 radical (unpaired) electrons. The van der Waals surface area contributed by atoms with Crippen molar-refractivity contribution in [2.75, 3.05) is 11.1 Å². The minimum Gasteiger partial charge on any atom is -0.396 e. The summed E-state index contributed by atoms with van der Waals surface area (Å²) in [4.78, 5) is 4.35. The minimum absolute atomic E-state index is 0.640. The Labute approximate surface area is 103 Å². The molecule has 82 valence electrons. The van der Waals surface area contributed by atoms with E-state index >= 15 is 0 Å². The number of nitrogens with one attached hydrogen (secondary N) is 1. The highest BCUT2D eigenvalue weighted by molar-refractivity contribution is 9.10. The van der Waals surface area contributed by atoms with Gasteiger partial charge in [0.15, 0.2) is 5.82 Å². The summed E-state index contributed by atoms with van der Waals surface area (Å²) in [6, 6.07) is 11.6. The van der Waals surface area contributed by atoms with E-state index in [2.05, 4.69) is 26.2 Å². The van der Waals surface area contributed by atoms with E-state index in [4.69, 9.17) is 5.73 Å². The second kappa shape index (κ2) is 4.53. The van der Waals surface area contributed by atoms with E-state index in [1.165, 1.54) is 0 Å². The molecule has 0 aliphatic heterocycles. The second-order valence-electron chi connectivity index (χ2n) is 3.50. The van der Waals surface area contributed by atoms with Crippen LogP contribution < -0.4 is 11.1 Å². The number of nitrogen functional groups attached to an aromatic ring is 1. The number of nitrogens with two attached hydrogens (primary N) is 1. The Bertz CT molecular complexity index is 511. The third kappa shape index (κ3) is 2.33. The highest BCUT2D eigenvalue weighted by atomic mass is 79.9. The van der Waals surface area contributed by atoms with E-state index in [1.807, 2.05) is 43.3 Å². The molecule has 0 aliphatic carbocycles. The normalized spacial score (nSPS) is 10.1. The van der Waals surface area contributed by atoms with Crippen LogP contribution in [-0.2, 0) is 0 Å². The molecule has 0 amide bonds. The van der Waals surface area contributed by atoms with Gasteiger partial charge in [-0.1, -0.05) is 12.1 Å². The van der Waals surface area contributed by atoms with E-state index in [-0.39, 0.29) is 0 Å². The van der Waals surface area contributed by atoms with Gasteiger partial charge < -0.3 is 11.1 Å². The Morgan fingerprint density at radius 2 is 1.94 bits per heavy atom. The van der Waals surface area contributed by atoms with Gasteiger partial charge in [0, 0.05) is 10.2 Å². The van der Waals surface area contributed by atoms with E-state index in [0.29, 0.717) is 11.5 Å². The first-order valence-electron chi connectivity index (χ1n) is 4.91. The Hall–Kier alpha value is -1.55. The fourth-order valence-electron chi connectivity index (χ4n) is 1.36. The predicted octanol–water partition coefficient (Wildman–Crippen LogP) is 3.48. The lowest BCUT2D eigenvalue weighted by atomic mass is 10.3. The fraction of sp³-hybridized carbons (Fsp3) is 0.0833. The van der Waals surface area contributed by atoms with Gasteiger partial charge in [-0.3, -0.25) is 0 Å². The molecule has 3 N–H and O–H groups in total. The average molecular weight is 278 g/mol. The zero-order valence-corrected chi connectivity index (χ0v) is 10.5. The summed E-state index contributed by atoms with van der Waals surface area (Å²) in [6.07, 6.45) is 0. The van der Waals surface area contributed by atoms with Gasteiger partial charge in [-0.05, 0) is 47.1 Å². The van der Waals surface area contributed by atoms with Crippen LogP contribution in [-0.4, -0.2) is 4.98 Å². The van der Waals surface area contributed by atoms with E-state index < -0.39 is 0 Å². The zero-order valence-electron chi connectivity index (χ0n) is 8.87. The topological polar surface area (TPSA) is 50.9 Å². The number of hydrogen-bond donors (Lipinski definition) is 2. The zero-order chi connectivity index (χ0) is 11.5. The quantitative estimate of drug-likeness (QED) is 0.884. The van der Waals surface area contributed by atoms with E-state index in [1.54, 1.807) is 0 Å². The van der Waals surface area contributed by atoms with Gasteiger partial charge in [0.05, 0.1) is 11.4 Å². The molecule has 0 unspecified atom stereocenters. The molecule has 0 bridgehead atoms. The maximum absolute atomic E-state index is 5.85. The van der Waals surface area contributed by atoms with Crippen molar-refractivity contribution in [3.63, 3.8) is 0 Å². The molecule has 1 heterocycles. The van der Waals surface area contributed by atoms with Crippen LogP contribution in [0.2, 0.25) is 0 Å². The smallest absolute Gasteiger partial charge is 0.153 e. The second-order valence-corrected chi connectivity index (χ2v) is 4.35. The lowest BCUT2D eigenvalue weighted by Crippen LogP contribution is -2.00. The first kappa shape index (κ1) is 11.0. The predicted molar refractivity (Wildman–Crippen MR) is 70.8 cm³/mol. The highest BCUT2D eigenvalue weighted by Gasteiger charge is 2.03. The summed E-state index contributed by atoms with van der Waals surface area (Å²) in [6.45, 7) is 1.94. The molecule has 0 fully saturated rings. The Kier molecular flexibility index (Phi) is 3.10. The SMILES string of the molecule is Cc1ccc(N)c(Nc2ccccc2Br)n1. The van der Waals surface area contributed by atoms with Crippen LogP contribution in [0.15, 0.2) is 40.9 Å². The van der Waals surface area contributed by atoms with Gasteiger partial charge in [0.25, 0.3) is 0 Å². The summed E-state index contributed by atoms with van der Waals surface area (Å²) in [5.41, 5.74) is 8.37. The van der Waals surface area contributed by atoms with Crippen molar-refractivity contribution in [1.82, 2.24) is 4.98 Å². The number of hydrogen-bond acceptors (Lipinski definition) is 3. The van der Waals surface area contributed by atoms with Gasteiger partial charge in [-0.2, -0.15) is 0 Å². The third-order valence-corrected chi connectivity index (χ3v) is 2.88. The molecule has 0 spiro atoms. The van der Waals surface area contributed by atoms with Crippen molar-refractivity contribution in [2.24, 2.45) is 0 Å². The van der Waals surface area contributed by atoms with Gasteiger partial charge in [-0.25, -0.2) is 4.98 Å². The van der Waals surface area contributed by atoms with Crippen LogP contribution in [0.4, 0.5) is 17.2 Å². The molecule has 2 rings (SSSR count). The average Bonchev–Trinajstić information content (AvgIpc) is 2.27. The van der Waals surface area contributed by atoms with Crippen molar-refractivity contribution < 1.29 is 0 Å². The molecule has 4 heteroatoms. The fourth-order valence-corrected chi connectivity index (χ4v) is 1.74. The number of aromatic nitrogens is 1. The number of anilines is 3. The van der Waals surface area contributed by atoms with Crippen LogP contribution in [0.1, 0.15) is 5.69 Å². The summed E-state index contributed by atoms with van der Waals surface area (Å²) in [7, 11) is 0. The number of para-hydroxylation sites is 1. The van der Waals surface area contributed by atoms with Gasteiger partial charge in [-0.15, -0.1) is 0 Å². The van der Waals surface area contributed by atoms with Gasteiger partial charge in [0.2, 0.25) is 0 Å². The maximum Gasteiger partial charge on any atom is 0.153 e. The van der Waals surface area contributed by atoms with Gasteiger partial charge in [0.1, 0.15) is 0 Å². The molecular formula is C12H12BrN3. The minimum atomic E-state index is 0.640. The first-order valence-corrected chi connectivity index (χ1v) is 5.71. The number of benzene rings is 1. The molecule has 0 aliphatic rings. The summed E-state index contributed by atoms with van der Waals surface area (Å²) in [5.74, 6) is 0.687. The Morgan fingerprint density at radius 1 is 1.19 bits per heavy atom. The molecule has 0 saturated carbocycles. The lowest BCUT2D eigenvalue weighted by molar-refractivity contribution is 1.20. The van der Waals surface area contributed by atoms with Crippen LogP contribution in [0.5, 0.6) is 0 Å². The molecule has 1 aromatic carbocycles. The van der Waals surface area contributed by atoms with Crippen molar-refractivity contribution in [3.05, 3.63) is 46.6 Å². The van der Waals surface area contributed by atoms with Crippen molar-refractivity contribution in [2.45, 2.75) is 6.92 Å². The van der Waals surface area contributed by atoms with Gasteiger partial charge >= 0.3 is 0 Å². The largest absolute Gasteiger partial charge is 0.396 e. The standard InChI is InChI=1S/C12H12BrN3/c1-8-6-7-10(14)12(15-8)16-11-5-3-2-4-9(11)13/h2-7H,14H2,1H3,(H,15,16).